The van der Waals surface area contributed by atoms with Crippen LogP contribution in [0.15, 0.2) is 60.5 Å². The number of methoxy groups -OCH3 is 1. The third-order valence-electron chi connectivity index (χ3n) is 6.67. The van der Waals surface area contributed by atoms with Crippen LogP contribution in [0.4, 0.5) is 11.8 Å². The minimum absolute atomic E-state index is 0.125. The third kappa shape index (κ3) is 3.95. The maximum atomic E-state index is 6.20. The van der Waals surface area contributed by atoms with Crippen molar-refractivity contribution in [2.45, 2.75) is 31.3 Å². The van der Waals surface area contributed by atoms with Gasteiger partial charge in [0.1, 0.15) is 18.2 Å². The second kappa shape index (κ2) is 8.31. The van der Waals surface area contributed by atoms with Gasteiger partial charge in [-0.2, -0.15) is 5.10 Å². The van der Waals surface area contributed by atoms with Crippen molar-refractivity contribution in [3.63, 3.8) is 0 Å². The molecule has 0 aromatic carbocycles. The summed E-state index contributed by atoms with van der Waals surface area (Å²) in [7, 11) is 3.60. The molecule has 0 saturated heterocycles. The number of hydrogen-bond acceptors (Lipinski definition) is 8. The van der Waals surface area contributed by atoms with Gasteiger partial charge in [-0.25, -0.2) is 14.4 Å². The highest BCUT2D eigenvalue weighted by molar-refractivity contribution is 5.67. The van der Waals surface area contributed by atoms with Crippen LogP contribution >= 0.6 is 0 Å². The van der Waals surface area contributed by atoms with Gasteiger partial charge in [0.25, 0.3) is 0 Å². The Labute approximate surface area is 202 Å². The van der Waals surface area contributed by atoms with Crippen molar-refractivity contribution in [3.05, 3.63) is 66.3 Å². The van der Waals surface area contributed by atoms with Crippen LogP contribution in [-0.2, 0) is 11.8 Å². The Morgan fingerprint density at radius 3 is 2.91 bits per heavy atom. The van der Waals surface area contributed by atoms with Gasteiger partial charge in [0, 0.05) is 38.1 Å². The van der Waals surface area contributed by atoms with Gasteiger partial charge < -0.3 is 14.8 Å². The number of allylic oxidation sites excluding steroid dienone is 2. The molecule has 0 spiro atoms. The lowest BCUT2D eigenvalue weighted by Gasteiger charge is -2.28. The third-order valence-corrected chi connectivity index (χ3v) is 6.67. The number of ether oxygens (including phenoxy) is 2. The molecule has 4 aromatic heterocycles. The fourth-order valence-corrected chi connectivity index (χ4v) is 4.47. The van der Waals surface area contributed by atoms with Crippen molar-refractivity contribution < 1.29 is 9.47 Å². The molecule has 1 N–H and O–H groups in total. The van der Waals surface area contributed by atoms with Crippen molar-refractivity contribution in [3.8, 4) is 17.1 Å². The summed E-state index contributed by atoms with van der Waals surface area (Å²) in [6.07, 6.45) is 11.7. The smallest absolute Gasteiger partial charge is 0.228 e. The zero-order valence-corrected chi connectivity index (χ0v) is 19.8. The van der Waals surface area contributed by atoms with Crippen LogP contribution in [0.2, 0.25) is 0 Å². The zero-order chi connectivity index (χ0) is 24.0. The van der Waals surface area contributed by atoms with Crippen LogP contribution in [-0.4, -0.2) is 53.7 Å². The Hall–Kier alpha value is -4.05. The van der Waals surface area contributed by atoms with E-state index in [9.17, 15) is 0 Å². The van der Waals surface area contributed by atoms with Crippen LogP contribution in [0.25, 0.3) is 16.9 Å². The summed E-state index contributed by atoms with van der Waals surface area (Å²) in [5.41, 5.74) is 3.41. The summed E-state index contributed by atoms with van der Waals surface area (Å²) in [4.78, 5) is 9.01. The molecule has 4 aromatic rings. The summed E-state index contributed by atoms with van der Waals surface area (Å²) >= 11 is 0. The Morgan fingerprint density at radius 1 is 1.23 bits per heavy atom. The fourth-order valence-electron chi connectivity index (χ4n) is 4.47. The number of nitrogens with one attached hydrogen (secondary N) is 1. The highest BCUT2D eigenvalue weighted by Gasteiger charge is 2.29. The number of nitrogens with zero attached hydrogens (tertiary/aromatic N) is 7. The van der Waals surface area contributed by atoms with Gasteiger partial charge in [0.15, 0.2) is 5.65 Å². The van der Waals surface area contributed by atoms with E-state index in [4.69, 9.17) is 9.47 Å². The molecule has 2 atom stereocenters. The molecule has 0 amide bonds. The van der Waals surface area contributed by atoms with Crippen LogP contribution < -0.4 is 10.1 Å². The number of aromatic nitrogens is 7. The largest absolute Gasteiger partial charge is 0.478 e. The Kier molecular flexibility index (Phi) is 5.10. The van der Waals surface area contributed by atoms with Crippen molar-refractivity contribution in [2.24, 2.45) is 7.05 Å². The average Bonchev–Trinajstić information content (AvgIpc) is 3.49. The first kappa shape index (κ1) is 21.5. The maximum absolute atomic E-state index is 6.20. The molecule has 1 aliphatic heterocycles. The van der Waals surface area contributed by atoms with E-state index in [-0.39, 0.29) is 11.5 Å². The van der Waals surface area contributed by atoms with Crippen LogP contribution in [0.1, 0.15) is 31.5 Å². The van der Waals surface area contributed by atoms with Gasteiger partial charge in [-0.3, -0.25) is 4.68 Å². The van der Waals surface area contributed by atoms with Gasteiger partial charge in [-0.1, -0.05) is 23.8 Å². The number of anilines is 2. The highest BCUT2D eigenvalue weighted by atomic mass is 16.5. The highest BCUT2D eigenvalue weighted by Crippen LogP contribution is 2.36. The van der Waals surface area contributed by atoms with Gasteiger partial charge in [-0.05, 0) is 31.9 Å². The molecule has 0 bridgehead atoms. The molecule has 35 heavy (non-hydrogen) atoms. The van der Waals surface area contributed by atoms with E-state index in [1.807, 2.05) is 35.7 Å². The maximum Gasteiger partial charge on any atom is 0.228 e. The van der Waals surface area contributed by atoms with Crippen molar-refractivity contribution in [1.29, 1.82) is 0 Å². The van der Waals surface area contributed by atoms with E-state index in [0.717, 1.165) is 41.4 Å². The first-order valence-corrected chi connectivity index (χ1v) is 11.5. The van der Waals surface area contributed by atoms with Crippen molar-refractivity contribution >= 4 is 17.4 Å². The molecule has 1 aliphatic carbocycles. The van der Waals surface area contributed by atoms with Crippen molar-refractivity contribution in [2.75, 3.05) is 19.0 Å². The molecule has 10 nitrogen and oxygen atoms in total. The van der Waals surface area contributed by atoms with E-state index in [1.54, 1.807) is 24.2 Å². The van der Waals surface area contributed by atoms with Gasteiger partial charge in [0.05, 0.1) is 23.4 Å². The normalized spacial score (nSPS) is 21.1. The van der Waals surface area contributed by atoms with E-state index in [0.29, 0.717) is 18.4 Å². The lowest BCUT2D eigenvalue weighted by Crippen LogP contribution is -2.26. The first-order chi connectivity index (χ1) is 17.0. The van der Waals surface area contributed by atoms with E-state index in [2.05, 4.69) is 55.7 Å². The van der Waals surface area contributed by atoms with E-state index in [1.165, 1.54) is 5.57 Å². The van der Waals surface area contributed by atoms with Crippen LogP contribution in [0, 0.1) is 0 Å². The minimum Gasteiger partial charge on any atom is -0.478 e. The predicted molar refractivity (Wildman–Crippen MR) is 131 cm³/mol. The van der Waals surface area contributed by atoms with Gasteiger partial charge in [0.2, 0.25) is 11.8 Å². The topological polar surface area (TPSA) is 104 Å². The average molecular weight is 471 g/mol. The molecule has 178 valence electrons. The SMILES string of the molecule is COC1(C)C=CC(CC2COc3cc(-c4ccnc(Nc5ccnn5C)n4)cc4nnc2n34)=CC1. The molecule has 0 radical (unpaired) electrons. The zero-order valence-electron chi connectivity index (χ0n) is 19.8. The summed E-state index contributed by atoms with van der Waals surface area (Å²) in [5.74, 6) is 3.05. The molecule has 0 saturated carbocycles. The Morgan fingerprint density at radius 2 is 2.14 bits per heavy atom. The van der Waals surface area contributed by atoms with Crippen LogP contribution in [0.3, 0.4) is 0 Å². The van der Waals surface area contributed by atoms with Gasteiger partial charge >= 0.3 is 0 Å². The lowest BCUT2D eigenvalue weighted by molar-refractivity contribution is 0.0501. The molecular weight excluding hydrogens is 444 g/mol. The Bertz CT molecular complexity index is 1470. The standard InChI is InChI=1S/C25H26N8O2/c1-25(34-3)8-4-16(5-9-25)12-18-15-35-22-14-17(13-21-30-31-23(18)33(21)22)19-6-10-26-24(28-19)29-20-7-11-27-32(20)2/h4-8,10-11,13-14,18H,9,12,15H2,1-3H3,(H,26,28,29). The minimum atomic E-state index is -0.230. The molecule has 6 rings (SSSR count). The van der Waals surface area contributed by atoms with E-state index < -0.39 is 0 Å². The monoisotopic (exact) mass is 470 g/mol. The molecule has 2 aliphatic rings. The predicted octanol–water partition coefficient (Wildman–Crippen LogP) is 3.82. The fraction of sp³-hybridized carbons (Fsp3) is 0.320. The number of pyridine rings is 1. The summed E-state index contributed by atoms with van der Waals surface area (Å²) < 4.78 is 15.5. The van der Waals surface area contributed by atoms with E-state index >= 15 is 0 Å². The van der Waals surface area contributed by atoms with Crippen LogP contribution in [0.5, 0.6) is 5.88 Å². The Balaban J connectivity index is 1.27. The number of aryl methyl sites for hydroxylation is 1. The lowest BCUT2D eigenvalue weighted by atomic mass is 9.89. The quantitative estimate of drug-likeness (QED) is 0.454. The molecule has 2 unspecified atom stereocenters. The first-order valence-electron chi connectivity index (χ1n) is 11.5. The molecular formula is C25H26N8O2. The van der Waals surface area contributed by atoms with Gasteiger partial charge in [-0.15, -0.1) is 10.2 Å². The van der Waals surface area contributed by atoms with Crippen molar-refractivity contribution in [1.82, 2.24) is 34.3 Å². The molecule has 10 heteroatoms. The number of hydrogen-bond donors (Lipinski definition) is 1. The summed E-state index contributed by atoms with van der Waals surface area (Å²) in [6.45, 7) is 2.63. The molecule has 5 heterocycles. The second-order valence-electron chi connectivity index (χ2n) is 9.11. The summed E-state index contributed by atoms with van der Waals surface area (Å²) in [5, 5.41) is 16.3. The number of rotatable bonds is 6. The second-order valence-corrected chi connectivity index (χ2v) is 9.11. The molecule has 0 fully saturated rings. The summed E-state index contributed by atoms with van der Waals surface area (Å²) in [6, 6.07) is 7.69.